The van der Waals surface area contributed by atoms with Crippen molar-refractivity contribution in [1.29, 1.82) is 0 Å². The fraction of sp³-hybridized carbons (Fsp3) is 0.381. The largest absolute Gasteiger partial charge is 0.492 e. The van der Waals surface area contributed by atoms with Crippen LogP contribution in [-0.2, 0) is 17.6 Å². The smallest absolute Gasteiger partial charge is 0.260 e. The first kappa shape index (κ1) is 17.3. The maximum absolute atomic E-state index is 12.2. The quantitative estimate of drug-likeness (QED) is 0.785. The average molecular weight is 339 g/mol. The van der Waals surface area contributed by atoms with E-state index in [1.54, 1.807) is 6.92 Å². The summed E-state index contributed by atoms with van der Waals surface area (Å²) in [7, 11) is 0. The number of para-hydroxylation sites is 1. The lowest BCUT2D eigenvalue weighted by Gasteiger charge is -2.22. The van der Waals surface area contributed by atoms with E-state index in [4.69, 9.17) is 9.47 Å². The zero-order valence-corrected chi connectivity index (χ0v) is 14.7. The van der Waals surface area contributed by atoms with Crippen LogP contribution in [0, 0.1) is 0 Å². The first-order chi connectivity index (χ1) is 12.2. The molecule has 25 heavy (non-hydrogen) atoms. The number of hydrogen-bond acceptors (Lipinski definition) is 3. The first-order valence-electron chi connectivity index (χ1n) is 8.97. The number of carbonyl (C=O) groups excluding carboxylic acids is 1. The van der Waals surface area contributed by atoms with Crippen LogP contribution in [0.5, 0.6) is 11.5 Å². The van der Waals surface area contributed by atoms with E-state index < -0.39 is 6.10 Å². The van der Waals surface area contributed by atoms with Crippen molar-refractivity contribution < 1.29 is 14.3 Å². The molecule has 0 aromatic heterocycles. The van der Waals surface area contributed by atoms with Gasteiger partial charge in [-0.05, 0) is 61.9 Å². The molecule has 0 radical (unpaired) electrons. The van der Waals surface area contributed by atoms with Gasteiger partial charge in [0.25, 0.3) is 5.91 Å². The Kier molecular flexibility index (Phi) is 5.94. The Labute approximate surface area is 149 Å². The summed E-state index contributed by atoms with van der Waals surface area (Å²) in [4.78, 5) is 12.2. The Morgan fingerprint density at radius 1 is 1.08 bits per heavy atom. The van der Waals surface area contributed by atoms with E-state index in [0.29, 0.717) is 13.2 Å². The molecule has 132 valence electrons. The predicted octanol–water partition coefficient (Wildman–Crippen LogP) is 3.53. The molecular weight excluding hydrogens is 314 g/mol. The Bertz CT molecular complexity index is 700. The van der Waals surface area contributed by atoms with Gasteiger partial charge < -0.3 is 14.8 Å². The SMILES string of the molecule is C[C@H](Oc1cccc2c1CCCC2)C(=O)NCCOc1ccccc1. The van der Waals surface area contributed by atoms with E-state index in [2.05, 4.69) is 11.4 Å². The number of ether oxygens (including phenoxy) is 2. The van der Waals surface area contributed by atoms with Crippen molar-refractivity contribution in [2.24, 2.45) is 0 Å². The fourth-order valence-corrected chi connectivity index (χ4v) is 3.10. The molecule has 3 rings (SSSR count). The molecule has 2 aromatic carbocycles. The summed E-state index contributed by atoms with van der Waals surface area (Å²) in [6.07, 6.45) is 4.03. The van der Waals surface area contributed by atoms with Crippen LogP contribution in [0.25, 0.3) is 0 Å². The van der Waals surface area contributed by atoms with E-state index in [0.717, 1.165) is 24.3 Å². The van der Waals surface area contributed by atoms with E-state index in [9.17, 15) is 4.79 Å². The second kappa shape index (κ2) is 8.56. The van der Waals surface area contributed by atoms with E-state index in [-0.39, 0.29) is 5.91 Å². The number of hydrogen-bond donors (Lipinski definition) is 1. The molecule has 0 saturated carbocycles. The Morgan fingerprint density at radius 2 is 1.88 bits per heavy atom. The normalized spacial score (nSPS) is 14.3. The van der Waals surface area contributed by atoms with Crippen molar-refractivity contribution in [3.05, 3.63) is 59.7 Å². The third-order valence-electron chi connectivity index (χ3n) is 4.44. The van der Waals surface area contributed by atoms with Gasteiger partial charge in [-0.25, -0.2) is 0 Å². The maximum Gasteiger partial charge on any atom is 0.260 e. The Hall–Kier alpha value is -2.49. The molecule has 0 spiro atoms. The maximum atomic E-state index is 12.2. The molecule has 2 aromatic rings. The minimum Gasteiger partial charge on any atom is -0.492 e. The average Bonchev–Trinajstić information content (AvgIpc) is 2.66. The number of rotatable bonds is 7. The molecule has 0 aliphatic heterocycles. The van der Waals surface area contributed by atoms with Crippen molar-refractivity contribution >= 4 is 5.91 Å². The van der Waals surface area contributed by atoms with Gasteiger partial charge in [-0.2, -0.15) is 0 Å². The van der Waals surface area contributed by atoms with Crippen molar-refractivity contribution in [3.8, 4) is 11.5 Å². The molecule has 1 aliphatic carbocycles. The standard InChI is InChI=1S/C21H25NO3/c1-16(21(23)22-14-15-24-18-10-3-2-4-11-18)25-20-13-7-9-17-8-5-6-12-19(17)20/h2-4,7,9-11,13,16H,5-6,8,12,14-15H2,1H3,(H,22,23)/t16-/m0/s1. The third-order valence-corrected chi connectivity index (χ3v) is 4.44. The van der Waals surface area contributed by atoms with E-state index >= 15 is 0 Å². The highest BCUT2D eigenvalue weighted by Crippen LogP contribution is 2.30. The highest BCUT2D eigenvalue weighted by atomic mass is 16.5. The van der Waals surface area contributed by atoms with Gasteiger partial charge in [0.15, 0.2) is 6.10 Å². The molecule has 4 nitrogen and oxygen atoms in total. The molecule has 0 heterocycles. The number of aryl methyl sites for hydroxylation is 1. The van der Waals surface area contributed by atoms with Crippen LogP contribution in [-0.4, -0.2) is 25.2 Å². The number of fused-ring (bicyclic) bond motifs is 1. The molecule has 0 bridgehead atoms. The van der Waals surface area contributed by atoms with Gasteiger partial charge in [0, 0.05) is 0 Å². The summed E-state index contributed by atoms with van der Waals surface area (Å²) in [5.41, 5.74) is 2.62. The monoisotopic (exact) mass is 339 g/mol. The number of amides is 1. The van der Waals surface area contributed by atoms with Crippen LogP contribution in [0.3, 0.4) is 0 Å². The summed E-state index contributed by atoms with van der Waals surface area (Å²) >= 11 is 0. The molecule has 1 amide bonds. The van der Waals surface area contributed by atoms with E-state index in [1.807, 2.05) is 42.5 Å². The molecule has 0 fully saturated rings. The summed E-state index contributed by atoms with van der Waals surface area (Å²) in [6.45, 7) is 2.67. The molecule has 1 aliphatic rings. The minimum atomic E-state index is -0.523. The van der Waals surface area contributed by atoms with Crippen LogP contribution < -0.4 is 14.8 Å². The lowest BCUT2D eigenvalue weighted by atomic mass is 9.91. The molecular formula is C21H25NO3. The summed E-state index contributed by atoms with van der Waals surface area (Å²) in [6, 6.07) is 15.7. The van der Waals surface area contributed by atoms with Crippen molar-refractivity contribution in [1.82, 2.24) is 5.32 Å². The topological polar surface area (TPSA) is 47.6 Å². The van der Waals surface area contributed by atoms with Gasteiger partial charge in [-0.1, -0.05) is 30.3 Å². The van der Waals surface area contributed by atoms with Crippen LogP contribution in [0.15, 0.2) is 48.5 Å². The van der Waals surface area contributed by atoms with Crippen molar-refractivity contribution in [2.45, 2.75) is 38.7 Å². The summed E-state index contributed by atoms with van der Waals surface area (Å²) < 4.78 is 11.5. The lowest BCUT2D eigenvalue weighted by Crippen LogP contribution is -2.38. The van der Waals surface area contributed by atoms with Crippen molar-refractivity contribution in [3.63, 3.8) is 0 Å². The van der Waals surface area contributed by atoms with Gasteiger partial charge in [-0.3, -0.25) is 4.79 Å². The second-order valence-corrected chi connectivity index (χ2v) is 6.31. The van der Waals surface area contributed by atoms with Crippen molar-refractivity contribution in [2.75, 3.05) is 13.2 Å². The molecule has 0 unspecified atom stereocenters. The van der Waals surface area contributed by atoms with Crippen LogP contribution in [0.1, 0.15) is 30.9 Å². The molecule has 0 saturated heterocycles. The molecule has 1 N–H and O–H groups in total. The van der Waals surface area contributed by atoms with Gasteiger partial charge in [-0.15, -0.1) is 0 Å². The predicted molar refractivity (Wildman–Crippen MR) is 98.1 cm³/mol. The lowest BCUT2D eigenvalue weighted by molar-refractivity contribution is -0.127. The highest BCUT2D eigenvalue weighted by molar-refractivity contribution is 5.80. The van der Waals surface area contributed by atoms with Crippen LogP contribution in [0.4, 0.5) is 0 Å². The van der Waals surface area contributed by atoms with Crippen LogP contribution in [0.2, 0.25) is 0 Å². The Balaban J connectivity index is 1.46. The molecule has 1 atom stereocenters. The summed E-state index contributed by atoms with van der Waals surface area (Å²) in [5, 5.41) is 2.86. The number of benzene rings is 2. The van der Waals surface area contributed by atoms with Gasteiger partial charge >= 0.3 is 0 Å². The number of nitrogens with one attached hydrogen (secondary N) is 1. The third kappa shape index (κ3) is 4.75. The molecule has 4 heteroatoms. The fourth-order valence-electron chi connectivity index (χ4n) is 3.10. The van der Waals surface area contributed by atoms with Gasteiger partial charge in [0.2, 0.25) is 0 Å². The Morgan fingerprint density at radius 3 is 2.72 bits per heavy atom. The minimum absolute atomic E-state index is 0.120. The highest BCUT2D eigenvalue weighted by Gasteiger charge is 2.19. The second-order valence-electron chi connectivity index (χ2n) is 6.31. The first-order valence-corrected chi connectivity index (χ1v) is 8.97. The van der Waals surface area contributed by atoms with Crippen LogP contribution >= 0.6 is 0 Å². The van der Waals surface area contributed by atoms with Gasteiger partial charge in [0.1, 0.15) is 18.1 Å². The van der Waals surface area contributed by atoms with Gasteiger partial charge in [0.05, 0.1) is 6.54 Å². The zero-order chi connectivity index (χ0) is 17.5. The zero-order valence-electron chi connectivity index (χ0n) is 14.7. The summed E-state index contributed by atoms with van der Waals surface area (Å²) in [5.74, 6) is 1.53. The van der Waals surface area contributed by atoms with E-state index in [1.165, 1.54) is 24.0 Å². The number of carbonyl (C=O) groups is 1.